The Bertz CT molecular complexity index is 1310. The largest absolute Gasteiger partial charge is 0.497 e. The first-order valence-corrected chi connectivity index (χ1v) is 9.99. The average Bonchev–Trinajstić information content (AvgIpc) is 3.28. The molecule has 3 aromatic heterocycles. The van der Waals surface area contributed by atoms with Crippen LogP contribution in [0.5, 0.6) is 5.75 Å². The molecule has 0 spiro atoms. The van der Waals surface area contributed by atoms with Gasteiger partial charge in [0, 0.05) is 16.8 Å². The van der Waals surface area contributed by atoms with E-state index in [9.17, 15) is 14.4 Å². The molecular weight excluding hydrogens is 404 g/mol. The van der Waals surface area contributed by atoms with Crippen LogP contribution in [0.1, 0.15) is 4.88 Å². The van der Waals surface area contributed by atoms with E-state index in [2.05, 4.69) is 10.3 Å². The number of hydrogen-bond acceptors (Lipinski definition) is 6. The number of carbonyl (C=O) groups is 1. The van der Waals surface area contributed by atoms with E-state index in [0.29, 0.717) is 11.4 Å². The maximum absolute atomic E-state index is 13.1. The second-order valence-electron chi connectivity index (χ2n) is 6.49. The van der Waals surface area contributed by atoms with Crippen molar-refractivity contribution < 1.29 is 9.53 Å². The molecule has 1 amide bonds. The van der Waals surface area contributed by atoms with Crippen LogP contribution < -0.4 is 21.3 Å². The summed E-state index contributed by atoms with van der Waals surface area (Å²) in [4.78, 5) is 43.6. The van der Waals surface area contributed by atoms with Crippen LogP contribution in [0.25, 0.3) is 11.0 Å². The zero-order chi connectivity index (χ0) is 21.1. The van der Waals surface area contributed by atoms with Gasteiger partial charge in [-0.2, -0.15) is 0 Å². The van der Waals surface area contributed by atoms with Crippen molar-refractivity contribution in [3.8, 4) is 5.75 Å². The number of fused-ring (bicyclic) bond motifs is 1. The number of aromatic nitrogens is 3. The van der Waals surface area contributed by atoms with Gasteiger partial charge in [0.2, 0.25) is 5.91 Å². The Hall–Kier alpha value is -3.72. The monoisotopic (exact) mass is 422 g/mol. The fourth-order valence-corrected chi connectivity index (χ4v) is 3.80. The number of ether oxygens (including phenoxy) is 1. The number of benzene rings is 1. The Kier molecular flexibility index (Phi) is 5.44. The highest BCUT2D eigenvalue weighted by molar-refractivity contribution is 7.09. The Morgan fingerprint density at radius 2 is 1.90 bits per heavy atom. The number of methoxy groups -OCH3 is 1. The number of thiophene rings is 1. The fraction of sp³-hybridized carbons (Fsp3) is 0.143. The first-order chi connectivity index (χ1) is 14.6. The van der Waals surface area contributed by atoms with Crippen LogP contribution in [0, 0.1) is 0 Å². The van der Waals surface area contributed by atoms with Gasteiger partial charge in [0.25, 0.3) is 5.56 Å². The molecule has 0 unspecified atom stereocenters. The Balaban J connectivity index is 1.71. The molecule has 4 rings (SSSR count). The van der Waals surface area contributed by atoms with Crippen LogP contribution >= 0.6 is 11.3 Å². The molecule has 0 saturated heterocycles. The van der Waals surface area contributed by atoms with Gasteiger partial charge < -0.3 is 10.1 Å². The molecule has 1 N–H and O–H groups in total. The molecule has 3 heterocycles. The van der Waals surface area contributed by atoms with Crippen LogP contribution in [0.15, 0.2) is 69.7 Å². The first kappa shape index (κ1) is 19.6. The van der Waals surface area contributed by atoms with Crippen molar-refractivity contribution in [3.63, 3.8) is 0 Å². The number of nitrogens with one attached hydrogen (secondary N) is 1. The molecular formula is C21H18N4O4S. The molecule has 0 fully saturated rings. The molecule has 0 aliphatic rings. The molecule has 1 aromatic carbocycles. The number of carbonyl (C=O) groups excluding carboxylic acids is 1. The molecule has 0 atom stereocenters. The molecule has 0 saturated carbocycles. The van der Waals surface area contributed by atoms with Crippen molar-refractivity contribution in [1.82, 2.24) is 14.1 Å². The van der Waals surface area contributed by atoms with Gasteiger partial charge in [-0.3, -0.25) is 18.7 Å². The summed E-state index contributed by atoms with van der Waals surface area (Å²) in [5.41, 5.74) is -0.259. The third-order valence-electron chi connectivity index (χ3n) is 4.55. The van der Waals surface area contributed by atoms with Gasteiger partial charge in [-0.25, -0.2) is 9.78 Å². The predicted octanol–water partition coefficient (Wildman–Crippen LogP) is 2.32. The zero-order valence-electron chi connectivity index (χ0n) is 16.1. The van der Waals surface area contributed by atoms with Gasteiger partial charge in [0.15, 0.2) is 0 Å². The van der Waals surface area contributed by atoms with Crippen LogP contribution in [0.4, 0.5) is 5.69 Å². The second-order valence-corrected chi connectivity index (χ2v) is 7.52. The van der Waals surface area contributed by atoms with E-state index in [1.165, 1.54) is 22.1 Å². The third kappa shape index (κ3) is 3.87. The zero-order valence-corrected chi connectivity index (χ0v) is 16.9. The molecule has 4 aromatic rings. The number of amides is 1. The average molecular weight is 422 g/mol. The van der Waals surface area contributed by atoms with E-state index < -0.39 is 17.2 Å². The van der Waals surface area contributed by atoms with Crippen LogP contribution in [0.2, 0.25) is 0 Å². The minimum Gasteiger partial charge on any atom is -0.497 e. The molecule has 152 valence electrons. The number of rotatable bonds is 6. The summed E-state index contributed by atoms with van der Waals surface area (Å²) in [7, 11) is 1.56. The normalized spacial score (nSPS) is 10.8. The number of pyridine rings is 1. The van der Waals surface area contributed by atoms with Gasteiger partial charge in [-0.15, -0.1) is 11.3 Å². The van der Waals surface area contributed by atoms with Gasteiger partial charge in [0.1, 0.15) is 17.9 Å². The van der Waals surface area contributed by atoms with Crippen molar-refractivity contribution in [2.45, 2.75) is 13.1 Å². The highest BCUT2D eigenvalue weighted by Crippen LogP contribution is 2.15. The van der Waals surface area contributed by atoms with Crippen molar-refractivity contribution in [1.29, 1.82) is 0 Å². The summed E-state index contributed by atoms with van der Waals surface area (Å²) in [6.45, 7) is -0.136. The number of hydrogen-bond donors (Lipinski definition) is 1. The van der Waals surface area contributed by atoms with Crippen molar-refractivity contribution >= 4 is 34.0 Å². The summed E-state index contributed by atoms with van der Waals surface area (Å²) >= 11 is 1.45. The lowest BCUT2D eigenvalue weighted by Crippen LogP contribution is -2.42. The highest BCUT2D eigenvalue weighted by Gasteiger charge is 2.17. The van der Waals surface area contributed by atoms with E-state index in [0.717, 1.165) is 9.44 Å². The lowest BCUT2D eigenvalue weighted by molar-refractivity contribution is -0.116. The smallest absolute Gasteiger partial charge is 0.333 e. The first-order valence-electron chi connectivity index (χ1n) is 9.11. The van der Waals surface area contributed by atoms with E-state index in [-0.39, 0.29) is 24.1 Å². The van der Waals surface area contributed by atoms with Gasteiger partial charge in [0.05, 0.1) is 19.0 Å². The maximum Gasteiger partial charge on any atom is 0.333 e. The van der Waals surface area contributed by atoms with Crippen molar-refractivity contribution in [3.05, 3.63) is 85.8 Å². The molecule has 30 heavy (non-hydrogen) atoms. The quantitative estimate of drug-likeness (QED) is 0.515. The predicted molar refractivity (Wildman–Crippen MR) is 115 cm³/mol. The van der Waals surface area contributed by atoms with E-state index in [1.54, 1.807) is 43.5 Å². The van der Waals surface area contributed by atoms with Gasteiger partial charge >= 0.3 is 5.69 Å². The van der Waals surface area contributed by atoms with Crippen LogP contribution in [-0.2, 0) is 17.9 Å². The maximum atomic E-state index is 13.1. The van der Waals surface area contributed by atoms with Crippen LogP contribution in [-0.4, -0.2) is 27.1 Å². The molecule has 0 aliphatic heterocycles. The molecule has 9 heteroatoms. The molecule has 0 aliphatic carbocycles. The molecule has 0 bridgehead atoms. The lowest BCUT2D eigenvalue weighted by Gasteiger charge is -2.13. The topological polar surface area (TPSA) is 95.2 Å². The van der Waals surface area contributed by atoms with E-state index in [4.69, 9.17) is 4.74 Å². The Morgan fingerprint density at radius 1 is 1.10 bits per heavy atom. The van der Waals surface area contributed by atoms with Gasteiger partial charge in [-0.1, -0.05) is 6.07 Å². The van der Waals surface area contributed by atoms with Crippen LogP contribution in [0.3, 0.4) is 0 Å². The van der Waals surface area contributed by atoms with E-state index in [1.807, 2.05) is 17.5 Å². The highest BCUT2D eigenvalue weighted by atomic mass is 32.1. The van der Waals surface area contributed by atoms with Crippen molar-refractivity contribution in [2.24, 2.45) is 0 Å². The number of nitrogens with zero attached hydrogens (tertiary/aromatic N) is 3. The summed E-state index contributed by atoms with van der Waals surface area (Å²) in [6, 6.07) is 13.8. The summed E-state index contributed by atoms with van der Waals surface area (Å²) in [5.74, 6) is 0.260. The Morgan fingerprint density at radius 3 is 2.60 bits per heavy atom. The molecule has 0 radical (unpaired) electrons. The molecule has 8 nitrogen and oxygen atoms in total. The summed E-state index contributed by atoms with van der Waals surface area (Å²) in [6.07, 6.45) is 1.49. The summed E-state index contributed by atoms with van der Waals surface area (Å²) < 4.78 is 7.46. The Labute approximate surface area is 175 Å². The fourth-order valence-electron chi connectivity index (χ4n) is 3.11. The minimum atomic E-state index is -0.579. The van der Waals surface area contributed by atoms with E-state index >= 15 is 0 Å². The SMILES string of the molecule is COc1ccc(NC(=O)Cn2c(=O)n(Cc3cccs3)c(=O)c3cccnc32)cc1. The second kappa shape index (κ2) is 8.34. The standard InChI is InChI=1S/C21H18N4O4S/c1-29-15-8-6-14(7-9-15)23-18(26)13-24-19-17(5-2-10-22-19)20(27)25(21(24)28)12-16-4-3-11-30-16/h2-11H,12-13H2,1H3,(H,23,26). The minimum absolute atomic E-state index is 0.139. The van der Waals surface area contributed by atoms with Gasteiger partial charge in [-0.05, 0) is 47.8 Å². The lowest BCUT2D eigenvalue weighted by atomic mass is 10.3. The third-order valence-corrected chi connectivity index (χ3v) is 5.41. The summed E-state index contributed by atoms with van der Waals surface area (Å²) in [5, 5.41) is 4.91. The van der Waals surface area contributed by atoms with Crippen molar-refractivity contribution in [2.75, 3.05) is 12.4 Å². The number of anilines is 1.